The second-order valence-electron chi connectivity index (χ2n) is 14.1. The zero-order valence-corrected chi connectivity index (χ0v) is 36.5. The van der Waals surface area contributed by atoms with Crippen LogP contribution in [-0.4, -0.2) is 13.2 Å². The Morgan fingerprint density at radius 2 is 0.772 bits per heavy atom. The van der Waals surface area contributed by atoms with Gasteiger partial charge < -0.3 is 9.47 Å². The summed E-state index contributed by atoms with van der Waals surface area (Å²) in [5.41, 5.74) is 3.74. The van der Waals surface area contributed by atoms with Crippen LogP contribution < -0.4 is 25.4 Å². The van der Waals surface area contributed by atoms with Gasteiger partial charge in [0.25, 0.3) is 0 Å². The lowest BCUT2D eigenvalue weighted by Gasteiger charge is -2.28. The van der Waals surface area contributed by atoms with Crippen molar-refractivity contribution in [2.45, 2.75) is 71.4 Å². The van der Waals surface area contributed by atoms with Gasteiger partial charge in [0.2, 0.25) is 0 Å². The van der Waals surface area contributed by atoms with Crippen LogP contribution in [0.5, 0.6) is 11.5 Å². The highest BCUT2D eigenvalue weighted by molar-refractivity contribution is 8.93. The van der Waals surface area contributed by atoms with Gasteiger partial charge in [0, 0.05) is 0 Å². The van der Waals surface area contributed by atoms with E-state index in [1.807, 2.05) is 30.3 Å². The fraction of sp³-hybridized carbons (Fsp3) is 0.245. The molecule has 2 nitrogen and oxygen atoms in total. The fourth-order valence-corrected chi connectivity index (χ4v) is 11.0. The lowest BCUT2D eigenvalue weighted by Crippen LogP contribution is -2.32. The van der Waals surface area contributed by atoms with E-state index in [-0.39, 0.29) is 17.0 Å². The molecule has 0 fully saturated rings. The Hall–Kier alpha value is -4.69. The highest BCUT2D eigenvalue weighted by atomic mass is 79.9. The first kappa shape index (κ1) is 45.0. The average molecular weight is 841 g/mol. The molecule has 6 aromatic carbocycles. The van der Waals surface area contributed by atoms with Crippen molar-refractivity contribution >= 4 is 52.3 Å². The number of rotatable bonds is 20. The van der Waals surface area contributed by atoms with Crippen LogP contribution in [0.25, 0.3) is 12.2 Å². The minimum absolute atomic E-state index is 0. The quantitative estimate of drug-likeness (QED) is 0.0433. The number of unbranched alkanes of at least 4 members (excludes halogenated alkanes) is 6. The molecule has 6 rings (SSSR count). The maximum Gasteiger partial charge on any atom is 0.119 e. The molecule has 0 bridgehead atoms. The van der Waals surface area contributed by atoms with E-state index >= 15 is 0 Å². The monoisotopic (exact) mass is 839 g/mol. The summed E-state index contributed by atoms with van der Waals surface area (Å²) in [5.74, 6) is 1.93. The number of ether oxygens (including phenoxy) is 2. The van der Waals surface area contributed by atoms with Gasteiger partial charge >= 0.3 is 0 Å². The van der Waals surface area contributed by atoms with E-state index in [4.69, 9.17) is 9.47 Å². The molecule has 0 unspecified atom stereocenters. The largest absolute Gasteiger partial charge is 0.494 e. The molecule has 0 amide bonds. The van der Waals surface area contributed by atoms with E-state index in [1.54, 1.807) is 0 Å². The van der Waals surface area contributed by atoms with Crippen LogP contribution in [0.2, 0.25) is 0 Å². The molecule has 6 aromatic rings. The van der Waals surface area contributed by atoms with Crippen molar-refractivity contribution in [1.29, 1.82) is 0 Å². The summed E-state index contributed by atoms with van der Waals surface area (Å²) in [5, 5.41) is 4.25. The second-order valence-corrected chi connectivity index (χ2v) is 17.6. The molecule has 0 aliphatic rings. The van der Waals surface area contributed by atoms with E-state index in [2.05, 4.69) is 178 Å². The Kier molecular flexibility index (Phi) is 20.7. The first-order valence-electron chi connectivity index (χ1n) is 20.6. The highest BCUT2D eigenvalue weighted by Gasteiger charge is 2.45. The number of halogens is 1. The molecule has 0 atom stereocenters. The highest BCUT2D eigenvalue weighted by Crippen LogP contribution is 2.58. The molecule has 0 saturated heterocycles. The molecule has 296 valence electrons. The molecule has 0 N–H and O–H groups in total. The fourth-order valence-electron chi connectivity index (χ4n) is 6.74. The average Bonchev–Trinajstić information content (AvgIpc) is 3.27. The van der Waals surface area contributed by atoms with Gasteiger partial charge in [0.1, 0.15) is 34.7 Å². The summed E-state index contributed by atoms with van der Waals surface area (Å²) in [7, 11) is -1.86. The van der Waals surface area contributed by atoms with Gasteiger partial charge in [-0.25, -0.2) is 0 Å². The van der Waals surface area contributed by atoms with Crippen molar-refractivity contribution in [1.82, 2.24) is 0 Å². The predicted molar refractivity (Wildman–Crippen MR) is 256 cm³/mol. The van der Waals surface area contributed by atoms with Crippen LogP contribution in [0.3, 0.4) is 0 Å². The minimum atomic E-state index is -1.86. The summed E-state index contributed by atoms with van der Waals surface area (Å²) in [6.07, 6.45) is 19.2. The lowest BCUT2D eigenvalue weighted by molar-refractivity contribution is 0.305. The Balaban J connectivity index is 0.000000265. The van der Waals surface area contributed by atoms with E-state index in [1.165, 1.54) is 71.1 Å². The van der Waals surface area contributed by atoms with Crippen molar-refractivity contribution < 1.29 is 9.47 Å². The van der Waals surface area contributed by atoms with Crippen LogP contribution >= 0.6 is 24.2 Å². The smallest absolute Gasteiger partial charge is 0.119 e. The Labute approximate surface area is 354 Å². The molecule has 57 heavy (non-hydrogen) atoms. The lowest BCUT2D eigenvalue weighted by atomic mass is 10.2. The Bertz CT molecular complexity index is 1860. The molecule has 0 saturated carbocycles. The van der Waals surface area contributed by atoms with E-state index in [0.29, 0.717) is 0 Å². The molecule has 0 heterocycles. The third-order valence-corrected chi connectivity index (χ3v) is 14.2. The molecule has 0 spiro atoms. The van der Waals surface area contributed by atoms with Crippen molar-refractivity contribution in [3.8, 4) is 11.5 Å². The van der Waals surface area contributed by atoms with Gasteiger partial charge in [-0.3, -0.25) is 0 Å². The SMILES string of the molecule is Br.CCCCCCOc1ccc(/C=C/C=C/c2ccccc2)cc1.CCCCCCOc1ccc(C[P+](c2ccccc2)(c2ccccc2)c2ccccc2)cc1. The van der Waals surface area contributed by atoms with Gasteiger partial charge in [-0.2, -0.15) is 0 Å². The molecular formula is C53H61BrO2P+. The summed E-state index contributed by atoms with van der Waals surface area (Å²) in [4.78, 5) is 0. The minimum Gasteiger partial charge on any atom is -0.494 e. The van der Waals surface area contributed by atoms with Gasteiger partial charge in [0.05, 0.1) is 19.4 Å². The summed E-state index contributed by atoms with van der Waals surface area (Å²) in [6.45, 7) is 6.08. The van der Waals surface area contributed by atoms with Crippen LogP contribution in [0.15, 0.2) is 182 Å². The molecule has 0 aliphatic heterocycles. The molecule has 0 radical (unpaired) electrons. The summed E-state index contributed by atoms with van der Waals surface area (Å²) < 4.78 is 11.8. The van der Waals surface area contributed by atoms with Crippen molar-refractivity contribution in [3.63, 3.8) is 0 Å². The van der Waals surface area contributed by atoms with Gasteiger partial charge in [-0.15, -0.1) is 17.0 Å². The second kappa shape index (κ2) is 26.3. The molecule has 0 aromatic heterocycles. The van der Waals surface area contributed by atoms with Gasteiger partial charge in [-0.1, -0.05) is 186 Å². The van der Waals surface area contributed by atoms with Crippen LogP contribution in [-0.2, 0) is 6.16 Å². The Morgan fingerprint density at radius 1 is 0.404 bits per heavy atom. The maximum atomic E-state index is 6.00. The topological polar surface area (TPSA) is 18.5 Å². The van der Waals surface area contributed by atoms with Crippen molar-refractivity contribution in [2.75, 3.05) is 13.2 Å². The third-order valence-electron chi connectivity index (χ3n) is 9.84. The zero-order valence-electron chi connectivity index (χ0n) is 33.9. The van der Waals surface area contributed by atoms with Gasteiger partial charge in [-0.05, 0) is 90.2 Å². The van der Waals surface area contributed by atoms with Crippen LogP contribution in [0.1, 0.15) is 81.9 Å². The zero-order chi connectivity index (χ0) is 38.9. The van der Waals surface area contributed by atoms with Crippen LogP contribution in [0.4, 0.5) is 0 Å². The van der Waals surface area contributed by atoms with E-state index in [9.17, 15) is 0 Å². The molecule has 4 heteroatoms. The predicted octanol–water partition coefficient (Wildman–Crippen LogP) is 14.1. The Morgan fingerprint density at radius 3 is 1.18 bits per heavy atom. The standard InChI is InChI=1S/C31H34OP.C22H26O.BrH/c1-2-3-4-14-25-32-28-23-21-27(22-24-28)26-33(29-15-8-5-9-16-29,30-17-10-6-11-18-30)31-19-12-7-13-20-31;1-2-3-4-10-19-23-22-17-15-21(16-18-22)14-9-8-13-20-11-6-5-7-12-20;/h5-13,15-24H,2-4,14,25-26H2,1H3;5-9,11-18H,2-4,10,19H2,1H3;1H/q+1;;/b;13-8+,14-9+;. The normalized spacial score (nSPS) is 11.1. The van der Waals surface area contributed by atoms with Crippen LogP contribution in [0, 0.1) is 0 Å². The first-order chi connectivity index (χ1) is 27.7. The summed E-state index contributed by atoms with van der Waals surface area (Å²) in [6, 6.07) is 60.6. The third kappa shape index (κ3) is 15.0. The molecule has 0 aliphatic carbocycles. The first-order valence-corrected chi connectivity index (χ1v) is 22.6. The van der Waals surface area contributed by atoms with Gasteiger partial charge in [0.15, 0.2) is 0 Å². The number of hydrogen-bond acceptors (Lipinski definition) is 2. The number of benzene rings is 6. The maximum absolute atomic E-state index is 6.00. The summed E-state index contributed by atoms with van der Waals surface area (Å²) >= 11 is 0. The molecular weight excluding hydrogens is 779 g/mol. The van der Waals surface area contributed by atoms with E-state index < -0.39 is 7.26 Å². The van der Waals surface area contributed by atoms with Crippen molar-refractivity contribution in [2.24, 2.45) is 0 Å². The van der Waals surface area contributed by atoms with Crippen molar-refractivity contribution in [3.05, 3.63) is 199 Å². The number of allylic oxidation sites excluding steroid dienone is 2. The van der Waals surface area contributed by atoms with E-state index in [0.717, 1.165) is 43.7 Å². The number of hydrogen-bond donors (Lipinski definition) is 0.